The summed E-state index contributed by atoms with van der Waals surface area (Å²) in [5, 5.41) is 0.109. The summed E-state index contributed by atoms with van der Waals surface area (Å²) in [5.74, 6) is -0.0581. The zero-order valence-electron chi connectivity index (χ0n) is 17.8. The molecule has 1 aliphatic heterocycles. The van der Waals surface area contributed by atoms with E-state index in [1.807, 2.05) is 55.4 Å². The first kappa shape index (κ1) is 25.3. The van der Waals surface area contributed by atoms with Crippen LogP contribution in [0.5, 0.6) is 5.75 Å². The zero-order valence-corrected chi connectivity index (χ0v) is 20.2. The molecular formula is C22H26Cl2N2O4S. The molecule has 1 heterocycles. The Morgan fingerprint density at radius 3 is 2.45 bits per heavy atom. The molecule has 1 aliphatic rings. The first-order chi connectivity index (χ1) is 14.3. The Morgan fingerprint density at radius 2 is 1.87 bits per heavy atom. The molecule has 0 saturated carbocycles. The van der Waals surface area contributed by atoms with Crippen LogP contribution >= 0.6 is 35.8 Å². The van der Waals surface area contributed by atoms with Crippen molar-refractivity contribution in [3.05, 3.63) is 53.1 Å². The van der Waals surface area contributed by atoms with Gasteiger partial charge in [0.2, 0.25) is 0 Å². The Kier molecular flexibility index (Phi) is 9.06. The molecule has 2 atom stereocenters. The van der Waals surface area contributed by atoms with Crippen molar-refractivity contribution in [2.24, 2.45) is 0 Å². The van der Waals surface area contributed by atoms with E-state index in [0.717, 1.165) is 16.1 Å². The molecule has 0 bridgehead atoms. The molecule has 0 aromatic heterocycles. The summed E-state index contributed by atoms with van der Waals surface area (Å²) in [4.78, 5) is 30.0. The maximum absolute atomic E-state index is 13.6. The number of anilines is 1. The van der Waals surface area contributed by atoms with Crippen LogP contribution in [0.4, 0.5) is 5.69 Å². The summed E-state index contributed by atoms with van der Waals surface area (Å²) in [6, 6.07) is 12.9. The van der Waals surface area contributed by atoms with Gasteiger partial charge in [-0.05, 0) is 43.9 Å². The number of hydrogen-bond acceptors (Lipinski definition) is 6. The van der Waals surface area contributed by atoms with Crippen molar-refractivity contribution in [3.8, 4) is 5.75 Å². The van der Waals surface area contributed by atoms with Crippen LogP contribution in [0.3, 0.4) is 0 Å². The van der Waals surface area contributed by atoms with E-state index in [1.165, 1.54) is 18.7 Å². The number of carbonyl (C=O) groups excluding carboxylic acids is 2. The number of esters is 1. The molecule has 1 amide bonds. The smallest absolute Gasteiger partial charge is 0.303 e. The maximum atomic E-state index is 13.6. The minimum Gasteiger partial charge on any atom is -0.497 e. The lowest BCUT2D eigenvalue weighted by Crippen LogP contribution is -2.45. The minimum atomic E-state index is -0.980. The van der Waals surface area contributed by atoms with E-state index in [4.69, 9.17) is 21.1 Å². The number of rotatable bonds is 6. The van der Waals surface area contributed by atoms with E-state index in [1.54, 1.807) is 18.1 Å². The highest BCUT2D eigenvalue weighted by atomic mass is 35.5. The van der Waals surface area contributed by atoms with E-state index in [9.17, 15) is 9.59 Å². The van der Waals surface area contributed by atoms with Crippen molar-refractivity contribution >= 4 is 53.3 Å². The van der Waals surface area contributed by atoms with Crippen molar-refractivity contribution in [1.29, 1.82) is 0 Å². The number of nitrogens with zero attached hydrogens (tertiary/aromatic N) is 2. The number of benzene rings is 2. The fourth-order valence-corrected chi connectivity index (χ4v) is 4.90. The molecule has 0 spiro atoms. The van der Waals surface area contributed by atoms with Gasteiger partial charge >= 0.3 is 5.97 Å². The number of carbonyl (C=O) groups is 2. The van der Waals surface area contributed by atoms with E-state index in [0.29, 0.717) is 23.9 Å². The van der Waals surface area contributed by atoms with Crippen LogP contribution in [0.1, 0.15) is 17.7 Å². The maximum Gasteiger partial charge on any atom is 0.303 e. The summed E-state index contributed by atoms with van der Waals surface area (Å²) in [6.45, 7) is 2.42. The van der Waals surface area contributed by atoms with E-state index in [-0.39, 0.29) is 18.3 Å². The normalized spacial score (nSPS) is 18.1. The SMILES string of the molecule is COc1ccc([C@H]2Sc3c(Cl)cccc3N(CCN(C)C)C(=O)[C@H]2OC(C)=O)cc1.Cl. The van der Waals surface area contributed by atoms with Crippen LogP contribution in [0.25, 0.3) is 0 Å². The van der Waals surface area contributed by atoms with Gasteiger partial charge in [-0.25, -0.2) is 0 Å². The molecule has 31 heavy (non-hydrogen) atoms. The number of methoxy groups -OCH3 is 1. The highest BCUT2D eigenvalue weighted by Crippen LogP contribution is 2.49. The molecule has 3 rings (SSSR count). The van der Waals surface area contributed by atoms with Gasteiger partial charge in [-0.15, -0.1) is 24.2 Å². The quantitative estimate of drug-likeness (QED) is 0.564. The second kappa shape index (κ2) is 11.1. The Hall–Kier alpha value is -1.93. The molecular weight excluding hydrogens is 459 g/mol. The second-order valence-corrected chi connectivity index (χ2v) is 8.78. The molecule has 0 radical (unpaired) electrons. The number of fused-ring (bicyclic) bond motifs is 1. The van der Waals surface area contributed by atoms with Crippen LogP contribution in [0.2, 0.25) is 5.02 Å². The summed E-state index contributed by atoms with van der Waals surface area (Å²) in [6.07, 6.45) is -0.980. The van der Waals surface area contributed by atoms with Crippen LogP contribution in [-0.4, -0.2) is 57.2 Å². The third kappa shape index (κ3) is 5.86. The van der Waals surface area contributed by atoms with Crippen molar-refractivity contribution in [2.75, 3.05) is 39.2 Å². The van der Waals surface area contributed by atoms with Crippen LogP contribution in [-0.2, 0) is 14.3 Å². The number of thioether (sulfide) groups is 1. The van der Waals surface area contributed by atoms with Gasteiger partial charge in [0.15, 0.2) is 6.10 Å². The van der Waals surface area contributed by atoms with E-state index in [2.05, 4.69) is 0 Å². The van der Waals surface area contributed by atoms with Gasteiger partial charge in [0.25, 0.3) is 5.91 Å². The van der Waals surface area contributed by atoms with Crippen LogP contribution < -0.4 is 9.64 Å². The van der Waals surface area contributed by atoms with Gasteiger partial charge in [0.05, 0.1) is 28.0 Å². The topological polar surface area (TPSA) is 59.1 Å². The average molecular weight is 485 g/mol. The Balaban J connectivity index is 0.00000341. The first-order valence-corrected chi connectivity index (χ1v) is 10.8. The van der Waals surface area contributed by atoms with E-state index < -0.39 is 17.3 Å². The zero-order chi connectivity index (χ0) is 21.8. The Labute approximate surface area is 198 Å². The summed E-state index contributed by atoms with van der Waals surface area (Å²) in [5.41, 5.74) is 1.58. The standard InChI is InChI=1S/C22H25ClN2O4S.ClH/c1-14(26)29-19-20(15-8-10-16(28-4)11-9-15)30-21-17(23)6-5-7-18(21)25(22(19)27)13-12-24(2)3;/h5-11,19-20H,12-13H2,1-4H3;1H/t19-,20+;/m0./s1. The summed E-state index contributed by atoms with van der Waals surface area (Å²) in [7, 11) is 5.48. The fourth-order valence-electron chi connectivity index (χ4n) is 3.28. The molecule has 0 aliphatic carbocycles. The average Bonchev–Trinajstić information content (AvgIpc) is 2.82. The lowest BCUT2D eigenvalue weighted by atomic mass is 10.1. The highest BCUT2D eigenvalue weighted by Gasteiger charge is 2.41. The third-order valence-electron chi connectivity index (χ3n) is 4.77. The van der Waals surface area contributed by atoms with E-state index >= 15 is 0 Å². The lowest BCUT2D eigenvalue weighted by molar-refractivity contribution is -0.152. The minimum absolute atomic E-state index is 0. The summed E-state index contributed by atoms with van der Waals surface area (Å²) < 4.78 is 10.8. The van der Waals surface area contributed by atoms with Crippen molar-refractivity contribution in [1.82, 2.24) is 4.90 Å². The fraction of sp³-hybridized carbons (Fsp3) is 0.364. The molecule has 0 N–H and O–H groups in total. The van der Waals surface area contributed by atoms with Crippen molar-refractivity contribution in [2.45, 2.75) is 23.2 Å². The Bertz CT molecular complexity index is 924. The second-order valence-electron chi connectivity index (χ2n) is 7.22. The Morgan fingerprint density at radius 1 is 1.19 bits per heavy atom. The number of halogens is 2. The molecule has 0 saturated heterocycles. The number of hydrogen-bond donors (Lipinski definition) is 0. The predicted octanol–water partition coefficient (Wildman–Crippen LogP) is 4.44. The van der Waals surface area contributed by atoms with Gasteiger partial charge in [0, 0.05) is 20.0 Å². The van der Waals surface area contributed by atoms with Gasteiger partial charge in [0.1, 0.15) is 5.75 Å². The van der Waals surface area contributed by atoms with Crippen molar-refractivity contribution in [3.63, 3.8) is 0 Å². The number of ether oxygens (including phenoxy) is 2. The lowest BCUT2D eigenvalue weighted by Gasteiger charge is -2.28. The van der Waals surface area contributed by atoms with Gasteiger partial charge < -0.3 is 19.3 Å². The third-order valence-corrected chi connectivity index (χ3v) is 6.64. The van der Waals surface area contributed by atoms with Gasteiger partial charge in [-0.1, -0.05) is 29.8 Å². The molecule has 2 aromatic carbocycles. The predicted molar refractivity (Wildman–Crippen MR) is 127 cm³/mol. The monoisotopic (exact) mass is 484 g/mol. The molecule has 0 unspecified atom stereocenters. The largest absolute Gasteiger partial charge is 0.497 e. The molecule has 2 aromatic rings. The van der Waals surface area contributed by atoms with Crippen LogP contribution in [0.15, 0.2) is 47.4 Å². The van der Waals surface area contributed by atoms with Crippen molar-refractivity contribution < 1.29 is 19.1 Å². The number of amides is 1. The summed E-state index contributed by atoms with van der Waals surface area (Å²) >= 11 is 7.98. The van der Waals surface area contributed by atoms with Crippen LogP contribution in [0, 0.1) is 0 Å². The highest BCUT2D eigenvalue weighted by molar-refractivity contribution is 8.00. The first-order valence-electron chi connectivity index (χ1n) is 9.54. The van der Waals surface area contributed by atoms with Gasteiger partial charge in [-0.3, -0.25) is 9.59 Å². The molecule has 9 heteroatoms. The molecule has 6 nitrogen and oxygen atoms in total. The number of likely N-dealkylation sites (N-methyl/N-ethyl adjacent to an activating group) is 1. The molecule has 168 valence electrons. The molecule has 0 fully saturated rings. The van der Waals surface area contributed by atoms with Gasteiger partial charge in [-0.2, -0.15) is 0 Å².